The van der Waals surface area contributed by atoms with Crippen molar-refractivity contribution in [1.29, 1.82) is 0 Å². The Morgan fingerprint density at radius 3 is 2.20 bits per heavy atom. The summed E-state index contributed by atoms with van der Waals surface area (Å²) in [6, 6.07) is 7.00. The van der Waals surface area contributed by atoms with E-state index in [0.29, 0.717) is 18.4 Å². The second-order valence-electron chi connectivity index (χ2n) is 7.58. The molecule has 140 valence electrons. The molecule has 6 nitrogen and oxygen atoms in total. The van der Waals surface area contributed by atoms with Gasteiger partial charge in [-0.3, -0.25) is 4.55 Å². The smallest absolute Gasteiger partial charge is 0.407 e. The van der Waals surface area contributed by atoms with Crippen molar-refractivity contribution in [3.63, 3.8) is 0 Å². The average Bonchev–Trinajstić information content (AvgIpc) is 2.51. The van der Waals surface area contributed by atoms with Gasteiger partial charge in [-0.1, -0.05) is 43.5 Å². The summed E-state index contributed by atoms with van der Waals surface area (Å²) in [5.74, 6) is 0. The van der Waals surface area contributed by atoms with Gasteiger partial charge in [0.05, 0.1) is 0 Å². The minimum atomic E-state index is -4.19. The van der Waals surface area contributed by atoms with Crippen molar-refractivity contribution < 1.29 is 22.5 Å². The summed E-state index contributed by atoms with van der Waals surface area (Å²) >= 11 is 0. The topological polar surface area (TPSA) is 92.7 Å². The van der Waals surface area contributed by atoms with Crippen LogP contribution in [0, 0.1) is 0 Å². The molecule has 0 aliphatic heterocycles. The van der Waals surface area contributed by atoms with E-state index in [4.69, 9.17) is 4.74 Å². The van der Waals surface area contributed by atoms with Gasteiger partial charge in [0.1, 0.15) is 10.3 Å². The molecule has 2 rings (SSSR count). The molecule has 1 amide bonds. The molecule has 0 unspecified atom stereocenters. The largest absolute Gasteiger partial charge is 0.444 e. The maximum Gasteiger partial charge on any atom is 0.407 e. The average molecular weight is 369 g/mol. The van der Waals surface area contributed by atoms with E-state index in [0.717, 1.165) is 24.8 Å². The van der Waals surface area contributed by atoms with E-state index in [2.05, 4.69) is 5.32 Å². The number of benzene rings is 1. The number of carbonyl (C=O) groups excluding carboxylic acids is 1. The minimum absolute atomic E-state index is 0.286. The minimum Gasteiger partial charge on any atom is -0.444 e. The van der Waals surface area contributed by atoms with Gasteiger partial charge in [-0.15, -0.1) is 0 Å². The molecular weight excluding hydrogens is 342 g/mol. The monoisotopic (exact) mass is 369 g/mol. The van der Waals surface area contributed by atoms with Crippen LogP contribution >= 0.6 is 0 Å². The van der Waals surface area contributed by atoms with E-state index in [-0.39, 0.29) is 6.54 Å². The quantitative estimate of drug-likeness (QED) is 0.788. The predicted molar refractivity (Wildman–Crippen MR) is 95.8 cm³/mol. The Bertz CT molecular complexity index is 698. The third-order valence-electron chi connectivity index (χ3n) is 4.47. The van der Waals surface area contributed by atoms with Gasteiger partial charge < -0.3 is 10.1 Å². The summed E-state index contributed by atoms with van der Waals surface area (Å²) < 4.78 is 37.8. The third kappa shape index (κ3) is 4.95. The second kappa shape index (κ2) is 7.33. The van der Waals surface area contributed by atoms with Crippen molar-refractivity contribution in [2.24, 2.45) is 0 Å². The van der Waals surface area contributed by atoms with Crippen LogP contribution < -0.4 is 5.32 Å². The van der Waals surface area contributed by atoms with E-state index < -0.39 is 26.6 Å². The molecule has 0 radical (unpaired) electrons. The molecule has 2 N–H and O–H groups in total. The van der Waals surface area contributed by atoms with Crippen LogP contribution in [0.5, 0.6) is 0 Å². The summed E-state index contributed by atoms with van der Waals surface area (Å²) in [6.07, 6.45) is 2.90. The summed E-state index contributed by atoms with van der Waals surface area (Å²) in [5, 5.41) is 2.67. The first-order valence-corrected chi connectivity index (χ1v) is 10.0. The van der Waals surface area contributed by atoms with Gasteiger partial charge >= 0.3 is 6.09 Å². The van der Waals surface area contributed by atoms with Crippen LogP contribution in [0.25, 0.3) is 0 Å². The van der Waals surface area contributed by atoms with E-state index >= 15 is 0 Å². The lowest BCUT2D eigenvalue weighted by atomic mass is 9.83. The van der Waals surface area contributed by atoms with Crippen molar-refractivity contribution in [1.82, 2.24) is 5.32 Å². The summed E-state index contributed by atoms with van der Waals surface area (Å²) in [4.78, 5) is 11.7. The predicted octanol–water partition coefficient (Wildman–Crippen LogP) is 3.76. The lowest BCUT2D eigenvalue weighted by Gasteiger charge is -2.34. The molecule has 0 spiro atoms. The molecular formula is C18H27NO5S. The fourth-order valence-corrected chi connectivity index (χ4v) is 4.47. The number of alkyl carbamates (subject to hydrolysis) is 1. The lowest BCUT2D eigenvalue weighted by Crippen LogP contribution is -2.37. The Labute approximate surface area is 149 Å². The normalized spacial score (nSPS) is 17.8. The Morgan fingerprint density at radius 1 is 1.16 bits per heavy atom. The molecule has 7 heteroatoms. The highest BCUT2D eigenvalue weighted by molar-refractivity contribution is 7.86. The van der Waals surface area contributed by atoms with Crippen LogP contribution in [0.3, 0.4) is 0 Å². The standard InChI is InChI=1S/C18H27NO5S/c1-17(2,3)24-16(20)19-13-14-7-9-15(10-8-14)18(25(21,22)23)11-5-4-6-12-18/h7-10H,4-6,11-13H2,1-3H3,(H,19,20)(H,21,22,23). The fourth-order valence-electron chi connectivity index (χ4n) is 3.23. The zero-order chi connectivity index (χ0) is 18.7. The zero-order valence-corrected chi connectivity index (χ0v) is 15.9. The van der Waals surface area contributed by atoms with Gasteiger partial charge in [0, 0.05) is 6.54 Å². The molecule has 1 saturated carbocycles. The molecule has 1 aliphatic carbocycles. The molecule has 0 aromatic heterocycles. The van der Waals surface area contributed by atoms with Crippen LogP contribution in [0.2, 0.25) is 0 Å². The van der Waals surface area contributed by atoms with Crippen molar-refractivity contribution in [2.45, 2.75) is 69.8 Å². The maximum atomic E-state index is 12.0. The summed E-state index contributed by atoms with van der Waals surface area (Å²) in [7, 11) is -4.19. The fraction of sp³-hybridized carbons (Fsp3) is 0.611. The summed E-state index contributed by atoms with van der Waals surface area (Å²) in [5.41, 5.74) is 0.878. The maximum absolute atomic E-state index is 12.0. The molecule has 0 saturated heterocycles. The van der Waals surface area contributed by atoms with Crippen molar-refractivity contribution in [3.8, 4) is 0 Å². The highest BCUT2D eigenvalue weighted by Crippen LogP contribution is 2.43. The van der Waals surface area contributed by atoms with E-state index in [1.54, 1.807) is 45.0 Å². The molecule has 0 atom stereocenters. The van der Waals surface area contributed by atoms with Crippen LogP contribution in [0.15, 0.2) is 24.3 Å². The Balaban J connectivity index is 2.09. The number of rotatable bonds is 4. The number of ether oxygens (including phenoxy) is 1. The zero-order valence-electron chi connectivity index (χ0n) is 15.0. The number of nitrogens with one attached hydrogen (secondary N) is 1. The molecule has 1 fully saturated rings. The molecule has 1 aliphatic rings. The Kier molecular flexibility index (Phi) is 5.79. The van der Waals surface area contributed by atoms with Crippen molar-refractivity contribution in [3.05, 3.63) is 35.4 Å². The van der Waals surface area contributed by atoms with Gasteiger partial charge in [0.25, 0.3) is 10.1 Å². The van der Waals surface area contributed by atoms with Crippen LogP contribution in [-0.2, 0) is 26.1 Å². The van der Waals surface area contributed by atoms with Gasteiger partial charge in [-0.05, 0) is 44.7 Å². The lowest BCUT2D eigenvalue weighted by molar-refractivity contribution is 0.0523. The Morgan fingerprint density at radius 2 is 1.72 bits per heavy atom. The van der Waals surface area contributed by atoms with Crippen LogP contribution in [-0.4, -0.2) is 24.7 Å². The van der Waals surface area contributed by atoms with E-state index in [1.807, 2.05) is 0 Å². The van der Waals surface area contributed by atoms with Crippen LogP contribution in [0.4, 0.5) is 4.79 Å². The van der Waals surface area contributed by atoms with Gasteiger partial charge in [0.2, 0.25) is 0 Å². The van der Waals surface area contributed by atoms with Crippen molar-refractivity contribution >= 4 is 16.2 Å². The van der Waals surface area contributed by atoms with E-state index in [9.17, 15) is 17.8 Å². The number of hydrogen-bond acceptors (Lipinski definition) is 4. The number of carbonyl (C=O) groups is 1. The molecule has 1 aromatic rings. The van der Waals surface area contributed by atoms with Gasteiger partial charge in [-0.25, -0.2) is 4.79 Å². The first-order valence-electron chi connectivity index (χ1n) is 8.57. The molecule has 1 aromatic carbocycles. The molecule has 25 heavy (non-hydrogen) atoms. The Hall–Kier alpha value is -1.60. The van der Waals surface area contributed by atoms with Crippen LogP contribution in [0.1, 0.15) is 64.0 Å². The third-order valence-corrected chi connectivity index (χ3v) is 6.10. The summed E-state index contributed by atoms with van der Waals surface area (Å²) in [6.45, 7) is 5.66. The first kappa shape index (κ1) is 19.7. The molecule has 0 bridgehead atoms. The van der Waals surface area contributed by atoms with Gasteiger partial charge in [-0.2, -0.15) is 8.42 Å². The van der Waals surface area contributed by atoms with Gasteiger partial charge in [0.15, 0.2) is 0 Å². The van der Waals surface area contributed by atoms with E-state index in [1.165, 1.54) is 0 Å². The highest BCUT2D eigenvalue weighted by Gasteiger charge is 2.45. The highest BCUT2D eigenvalue weighted by atomic mass is 32.2. The van der Waals surface area contributed by atoms with Crippen molar-refractivity contribution in [2.75, 3.05) is 0 Å². The molecule has 0 heterocycles. The second-order valence-corrected chi connectivity index (χ2v) is 9.31. The number of hydrogen-bond donors (Lipinski definition) is 2. The number of amides is 1. The SMILES string of the molecule is CC(C)(C)OC(=O)NCc1ccc(C2(S(=O)(=O)O)CCCCC2)cc1. The first-order chi connectivity index (χ1) is 11.5.